The quantitative estimate of drug-likeness (QED) is 0.547. The van der Waals surface area contributed by atoms with Crippen molar-refractivity contribution < 1.29 is 9.53 Å². The van der Waals surface area contributed by atoms with Crippen molar-refractivity contribution in [2.45, 2.75) is 0 Å². The second kappa shape index (κ2) is 7.59. The Labute approximate surface area is 101 Å². The molecular weight excluding hydrogens is 220 g/mol. The van der Waals surface area contributed by atoms with Crippen molar-refractivity contribution >= 4 is 11.7 Å². The lowest BCUT2D eigenvalue weighted by atomic mass is 10.2. The highest BCUT2D eigenvalue weighted by molar-refractivity contribution is 5.97. The Kier molecular flexibility index (Phi) is 5.98. The summed E-state index contributed by atoms with van der Waals surface area (Å²) < 4.78 is 4.90. The third kappa shape index (κ3) is 4.80. The zero-order valence-electron chi connectivity index (χ0n) is 9.90. The molecule has 17 heavy (non-hydrogen) atoms. The van der Waals surface area contributed by atoms with Crippen LogP contribution in [-0.2, 0) is 4.74 Å². The van der Waals surface area contributed by atoms with Crippen LogP contribution in [0.2, 0.25) is 0 Å². The maximum Gasteiger partial charge on any atom is 0.252 e. The molecule has 0 aliphatic heterocycles. The first kappa shape index (κ1) is 13.4. The monoisotopic (exact) mass is 238 g/mol. The molecule has 0 atom stereocenters. The van der Waals surface area contributed by atoms with Crippen molar-refractivity contribution in [1.29, 1.82) is 0 Å². The SMILES string of the molecule is COCCNCCNc1ncccc1C(N)=O. The average molecular weight is 238 g/mol. The van der Waals surface area contributed by atoms with Crippen LogP contribution in [0.4, 0.5) is 5.82 Å². The molecule has 0 radical (unpaired) electrons. The Morgan fingerprint density at radius 1 is 1.47 bits per heavy atom. The van der Waals surface area contributed by atoms with Gasteiger partial charge in [0, 0.05) is 32.9 Å². The fourth-order valence-corrected chi connectivity index (χ4v) is 1.31. The lowest BCUT2D eigenvalue weighted by molar-refractivity contribution is 0.100. The van der Waals surface area contributed by atoms with E-state index in [0.29, 0.717) is 24.5 Å². The molecule has 1 rings (SSSR count). The Morgan fingerprint density at radius 2 is 2.29 bits per heavy atom. The fourth-order valence-electron chi connectivity index (χ4n) is 1.31. The van der Waals surface area contributed by atoms with E-state index < -0.39 is 5.91 Å². The van der Waals surface area contributed by atoms with Gasteiger partial charge in [0.2, 0.25) is 0 Å². The standard InChI is InChI=1S/C11H18N4O2/c1-17-8-7-13-5-6-15-11-9(10(12)16)3-2-4-14-11/h2-4,13H,5-8H2,1H3,(H2,12,16)(H,14,15). The lowest BCUT2D eigenvalue weighted by Gasteiger charge is -2.09. The number of anilines is 1. The fraction of sp³-hybridized carbons (Fsp3) is 0.455. The largest absolute Gasteiger partial charge is 0.383 e. The third-order valence-corrected chi connectivity index (χ3v) is 2.15. The maximum absolute atomic E-state index is 11.1. The first-order valence-electron chi connectivity index (χ1n) is 5.44. The molecular formula is C11H18N4O2. The van der Waals surface area contributed by atoms with Crippen molar-refractivity contribution in [3.63, 3.8) is 0 Å². The normalized spacial score (nSPS) is 10.2. The smallest absolute Gasteiger partial charge is 0.252 e. The van der Waals surface area contributed by atoms with Crippen molar-refractivity contribution in [3.05, 3.63) is 23.9 Å². The summed E-state index contributed by atoms with van der Waals surface area (Å²) in [5.74, 6) is 0.0430. The molecule has 1 aromatic rings. The Bertz CT molecular complexity index is 357. The van der Waals surface area contributed by atoms with Gasteiger partial charge in [-0.1, -0.05) is 0 Å². The summed E-state index contributed by atoms with van der Waals surface area (Å²) in [4.78, 5) is 15.2. The first-order chi connectivity index (χ1) is 8.25. The van der Waals surface area contributed by atoms with Crippen molar-refractivity contribution in [3.8, 4) is 0 Å². The molecule has 94 valence electrons. The highest BCUT2D eigenvalue weighted by atomic mass is 16.5. The number of nitrogens with one attached hydrogen (secondary N) is 2. The Balaban J connectivity index is 2.34. The van der Waals surface area contributed by atoms with Gasteiger partial charge in [-0.3, -0.25) is 4.79 Å². The first-order valence-corrected chi connectivity index (χ1v) is 5.44. The number of nitrogens with zero attached hydrogens (tertiary/aromatic N) is 1. The van der Waals surface area contributed by atoms with Gasteiger partial charge < -0.3 is 21.1 Å². The summed E-state index contributed by atoms with van der Waals surface area (Å²) in [6.45, 7) is 2.90. The van der Waals surface area contributed by atoms with E-state index >= 15 is 0 Å². The zero-order valence-corrected chi connectivity index (χ0v) is 9.90. The second-order valence-corrected chi connectivity index (χ2v) is 3.43. The summed E-state index contributed by atoms with van der Waals surface area (Å²) >= 11 is 0. The molecule has 0 saturated heterocycles. The zero-order chi connectivity index (χ0) is 12.5. The molecule has 0 spiro atoms. The predicted octanol–water partition coefficient (Wildman–Crippen LogP) is -0.172. The van der Waals surface area contributed by atoms with E-state index in [2.05, 4.69) is 15.6 Å². The van der Waals surface area contributed by atoms with Crippen molar-refractivity contribution in [2.24, 2.45) is 5.73 Å². The average Bonchev–Trinajstić information content (AvgIpc) is 2.34. The van der Waals surface area contributed by atoms with Crippen LogP contribution in [0.25, 0.3) is 0 Å². The molecule has 1 heterocycles. The van der Waals surface area contributed by atoms with E-state index in [9.17, 15) is 4.79 Å². The number of pyridine rings is 1. The van der Waals surface area contributed by atoms with Gasteiger partial charge in [0.1, 0.15) is 5.82 Å². The van der Waals surface area contributed by atoms with E-state index in [-0.39, 0.29) is 0 Å². The number of aromatic nitrogens is 1. The molecule has 1 aromatic heterocycles. The molecule has 0 aromatic carbocycles. The minimum Gasteiger partial charge on any atom is -0.383 e. The van der Waals surface area contributed by atoms with Gasteiger partial charge in [-0.2, -0.15) is 0 Å². The number of methoxy groups -OCH3 is 1. The third-order valence-electron chi connectivity index (χ3n) is 2.15. The molecule has 0 unspecified atom stereocenters. The van der Waals surface area contributed by atoms with E-state index in [1.807, 2.05) is 0 Å². The summed E-state index contributed by atoms with van der Waals surface area (Å²) in [5.41, 5.74) is 5.64. The lowest BCUT2D eigenvalue weighted by Crippen LogP contribution is -2.26. The predicted molar refractivity (Wildman–Crippen MR) is 66.0 cm³/mol. The Hall–Kier alpha value is -1.66. The number of amides is 1. The van der Waals surface area contributed by atoms with Gasteiger partial charge in [-0.15, -0.1) is 0 Å². The number of carbonyl (C=O) groups is 1. The maximum atomic E-state index is 11.1. The molecule has 6 heteroatoms. The Morgan fingerprint density at radius 3 is 3.00 bits per heavy atom. The van der Waals surface area contributed by atoms with Gasteiger partial charge in [0.15, 0.2) is 0 Å². The van der Waals surface area contributed by atoms with Gasteiger partial charge in [-0.05, 0) is 12.1 Å². The van der Waals surface area contributed by atoms with E-state index in [0.717, 1.165) is 13.1 Å². The molecule has 0 saturated carbocycles. The van der Waals surface area contributed by atoms with Crippen LogP contribution in [0, 0.1) is 0 Å². The number of nitrogens with two attached hydrogens (primary N) is 1. The van der Waals surface area contributed by atoms with Crippen LogP contribution in [-0.4, -0.2) is 44.2 Å². The van der Waals surface area contributed by atoms with Crippen LogP contribution in [0.1, 0.15) is 10.4 Å². The van der Waals surface area contributed by atoms with Crippen LogP contribution >= 0.6 is 0 Å². The minimum atomic E-state index is -0.479. The summed E-state index contributed by atoms with van der Waals surface area (Å²) in [5, 5.41) is 6.23. The van der Waals surface area contributed by atoms with Crippen LogP contribution in [0.15, 0.2) is 18.3 Å². The summed E-state index contributed by atoms with van der Waals surface area (Å²) in [6.07, 6.45) is 1.62. The summed E-state index contributed by atoms with van der Waals surface area (Å²) in [6, 6.07) is 3.33. The molecule has 1 amide bonds. The highest BCUT2D eigenvalue weighted by Gasteiger charge is 2.07. The second-order valence-electron chi connectivity index (χ2n) is 3.43. The number of rotatable bonds is 8. The molecule has 0 aliphatic carbocycles. The molecule has 0 aliphatic rings. The van der Waals surface area contributed by atoms with Gasteiger partial charge in [0.05, 0.1) is 12.2 Å². The number of carbonyl (C=O) groups excluding carboxylic acids is 1. The van der Waals surface area contributed by atoms with E-state index in [1.54, 1.807) is 25.4 Å². The number of ether oxygens (including phenoxy) is 1. The van der Waals surface area contributed by atoms with Gasteiger partial charge in [0.25, 0.3) is 5.91 Å². The van der Waals surface area contributed by atoms with E-state index in [1.165, 1.54) is 0 Å². The van der Waals surface area contributed by atoms with Gasteiger partial charge in [-0.25, -0.2) is 4.98 Å². The van der Waals surface area contributed by atoms with Gasteiger partial charge >= 0.3 is 0 Å². The van der Waals surface area contributed by atoms with Crippen LogP contribution in [0.5, 0.6) is 0 Å². The van der Waals surface area contributed by atoms with E-state index in [4.69, 9.17) is 10.5 Å². The summed E-state index contributed by atoms with van der Waals surface area (Å²) in [7, 11) is 1.66. The highest BCUT2D eigenvalue weighted by Crippen LogP contribution is 2.09. The van der Waals surface area contributed by atoms with Crippen molar-refractivity contribution in [1.82, 2.24) is 10.3 Å². The minimum absolute atomic E-state index is 0.407. The molecule has 0 bridgehead atoms. The molecule has 0 fully saturated rings. The van der Waals surface area contributed by atoms with Crippen LogP contribution < -0.4 is 16.4 Å². The van der Waals surface area contributed by atoms with Crippen LogP contribution in [0.3, 0.4) is 0 Å². The topological polar surface area (TPSA) is 89.3 Å². The molecule has 4 N–H and O–H groups in total. The van der Waals surface area contributed by atoms with Crippen molar-refractivity contribution in [2.75, 3.05) is 38.7 Å². The number of hydrogen-bond donors (Lipinski definition) is 3. The number of primary amides is 1. The number of hydrogen-bond acceptors (Lipinski definition) is 5. The molecule has 6 nitrogen and oxygen atoms in total.